The number of ether oxygens (including phenoxy) is 1. The van der Waals surface area contributed by atoms with Crippen molar-refractivity contribution in [3.63, 3.8) is 0 Å². The smallest absolute Gasteiger partial charge is 0.547 e. The van der Waals surface area contributed by atoms with Crippen LogP contribution in [0, 0.1) is 0 Å². The SMILES string of the molecule is CCCCCCCCCCCCCCCCCCOC(C(=O)[O-])C(O)C(=O)[O-].[Na+].[Na+]. The Morgan fingerprint density at radius 1 is 0.667 bits per heavy atom. The molecule has 0 aliphatic rings. The van der Waals surface area contributed by atoms with Crippen LogP contribution < -0.4 is 69.3 Å². The Kier molecular flexibility index (Phi) is 30.9. The number of hydrogen-bond donors (Lipinski definition) is 1. The van der Waals surface area contributed by atoms with Crippen molar-refractivity contribution in [1.82, 2.24) is 0 Å². The summed E-state index contributed by atoms with van der Waals surface area (Å²) in [6.07, 6.45) is 15.7. The maximum atomic E-state index is 10.8. The molecular formula is C22H40Na2O6. The number of carboxylic acids is 2. The van der Waals surface area contributed by atoms with Crippen molar-refractivity contribution in [2.45, 2.75) is 122 Å². The number of carbonyl (C=O) groups is 2. The van der Waals surface area contributed by atoms with Crippen LogP contribution in [-0.2, 0) is 14.3 Å². The van der Waals surface area contributed by atoms with Gasteiger partial charge in [0.05, 0.1) is 11.9 Å². The molecule has 2 unspecified atom stereocenters. The van der Waals surface area contributed by atoms with Gasteiger partial charge in [-0.25, -0.2) is 0 Å². The number of carbonyl (C=O) groups excluding carboxylic acids is 2. The first-order valence-electron chi connectivity index (χ1n) is 11.2. The summed E-state index contributed by atoms with van der Waals surface area (Å²) in [5.74, 6) is -3.62. The Bertz CT molecular complexity index is 396. The molecular weight excluding hydrogens is 406 g/mol. The second-order valence-corrected chi connectivity index (χ2v) is 7.68. The molecule has 166 valence electrons. The number of aliphatic hydroxyl groups excluding tert-OH is 1. The molecule has 0 aromatic heterocycles. The van der Waals surface area contributed by atoms with E-state index in [-0.39, 0.29) is 65.7 Å². The number of unbranched alkanes of at least 4 members (excludes halogenated alkanes) is 15. The van der Waals surface area contributed by atoms with E-state index in [1.165, 1.54) is 77.0 Å². The molecule has 0 amide bonds. The number of aliphatic carboxylic acids is 2. The topological polar surface area (TPSA) is 110 Å². The molecule has 0 radical (unpaired) electrons. The molecule has 0 rings (SSSR count). The summed E-state index contributed by atoms with van der Waals surface area (Å²) in [5.41, 5.74) is 0. The van der Waals surface area contributed by atoms with Crippen LogP contribution in [0.3, 0.4) is 0 Å². The van der Waals surface area contributed by atoms with Gasteiger partial charge in [-0.1, -0.05) is 103 Å². The Hall–Kier alpha value is 0.860. The molecule has 0 fully saturated rings. The van der Waals surface area contributed by atoms with Gasteiger partial charge in [-0.15, -0.1) is 0 Å². The van der Waals surface area contributed by atoms with Crippen molar-refractivity contribution < 1.29 is 88.8 Å². The second kappa shape index (κ2) is 26.1. The van der Waals surface area contributed by atoms with E-state index in [0.717, 1.165) is 19.3 Å². The third kappa shape index (κ3) is 22.1. The van der Waals surface area contributed by atoms with Crippen molar-refractivity contribution in [1.29, 1.82) is 0 Å². The maximum Gasteiger partial charge on any atom is 1.00 e. The molecule has 0 saturated carbocycles. The van der Waals surface area contributed by atoms with Crippen LogP contribution in [-0.4, -0.2) is 35.9 Å². The minimum atomic E-state index is -2.20. The summed E-state index contributed by atoms with van der Waals surface area (Å²) in [7, 11) is 0. The third-order valence-corrected chi connectivity index (χ3v) is 5.06. The van der Waals surface area contributed by atoms with Crippen molar-refractivity contribution in [2.75, 3.05) is 6.61 Å². The first-order valence-corrected chi connectivity index (χ1v) is 11.2. The quantitative estimate of drug-likeness (QED) is 0.145. The molecule has 0 aliphatic carbocycles. The van der Waals surface area contributed by atoms with E-state index in [1.807, 2.05) is 0 Å². The van der Waals surface area contributed by atoms with E-state index >= 15 is 0 Å². The van der Waals surface area contributed by atoms with Gasteiger partial charge in [-0.3, -0.25) is 0 Å². The third-order valence-electron chi connectivity index (χ3n) is 5.06. The molecule has 0 aromatic rings. The van der Waals surface area contributed by atoms with Crippen LogP contribution in [0.4, 0.5) is 0 Å². The molecule has 6 nitrogen and oxygen atoms in total. The van der Waals surface area contributed by atoms with E-state index < -0.39 is 24.1 Å². The first kappa shape index (κ1) is 35.4. The predicted molar refractivity (Wildman–Crippen MR) is 105 cm³/mol. The normalized spacial score (nSPS) is 12.5. The Morgan fingerprint density at radius 2 is 1.00 bits per heavy atom. The molecule has 0 bridgehead atoms. The molecule has 0 spiro atoms. The summed E-state index contributed by atoms with van der Waals surface area (Å²) in [5, 5.41) is 30.4. The molecule has 30 heavy (non-hydrogen) atoms. The zero-order chi connectivity index (χ0) is 21.0. The van der Waals surface area contributed by atoms with Gasteiger partial charge in [-0.05, 0) is 6.42 Å². The van der Waals surface area contributed by atoms with Crippen LogP contribution in [0.2, 0.25) is 0 Å². The standard InChI is InChI=1S/C22H42O6.2Na/c1-2-3-4-5-6-7-8-9-10-11-12-13-14-15-16-17-18-28-20(22(26)27)19(23)21(24)25;;/h19-20,23H,2-18H2,1H3,(H,24,25)(H,26,27);;/q;2*+1/p-2. The second-order valence-electron chi connectivity index (χ2n) is 7.68. The van der Waals surface area contributed by atoms with Gasteiger partial charge in [0.25, 0.3) is 0 Å². The van der Waals surface area contributed by atoms with Crippen LogP contribution in [0.25, 0.3) is 0 Å². The van der Waals surface area contributed by atoms with Gasteiger partial charge in [-0.2, -0.15) is 0 Å². The van der Waals surface area contributed by atoms with E-state index in [0.29, 0.717) is 6.42 Å². The van der Waals surface area contributed by atoms with E-state index in [9.17, 15) is 24.9 Å². The maximum absolute atomic E-state index is 10.8. The fraction of sp³-hybridized carbons (Fsp3) is 0.909. The summed E-state index contributed by atoms with van der Waals surface area (Å²) < 4.78 is 4.91. The predicted octanol–water partition coefficient (Wildman–Crippen LogP) is -3.50. The number of carboxylic acid groups (broad SMARTS) is 2. The number of aliphatic hydroxyl groups is 1. The van der Waals surface area contributed by atoms with Crippen molar-refractivity contribution >= 4 is 11.9 Å². The van der Waals surface area contributed by atoms with E-state index in [2.05, 4.69) is 6.92 Å². The van der Waals surface area contributed by atoms with E-state index in [1.54, 1.807) is 0 Å². The minimum absolute atomic E-state index is 0. The monoisotopic (exact) mass is 446 g/mol. The Balaban J connectivity index is -0.00000364. The van der Waals surface area contributed by atoms with Crippen molar-refractivity contribution in [3.05, 3.63) is 0 Å². The van der Waals surface area contributed by atoms with Gasteiger partial charge < -0.3 is 29.6 Å². The minimum Gasteiger partial charge on any atom is -0.547 e. The van der Waals surface area contributed by atoms with Crippen LogP contribution in [0.15, 0.2) is 0 Å². The van der Waals surface area contributed by atoms with Gasteiger partial charge >= 0.3 is 59.1 Å². The molecule has 8 heteroatoms. The molecule has 2 atom stereocenters. The zero-order valence-electron chi connectivity index (χ0n) is 19.7. The van der Waals surface area contributed by atoms with Crippen LogP contribution >= 0.6 is 0 Å². The van der Waals surface area contributed by atoms with E-state index in [4.69, 9.17) is 4.74 Å². The number of rotatable bonds is 21. The Morgan fingerprint density at radius 3 is 1.30 bits per heavy atom. The summed E-state index contributed by atoms with van der Waals surface area (Å²) in [4.78, 5) is 21.3. The van der Waals surface area contributed by atoms with Crippen LogP contribution in [0.1, 0.15) is 110 Å². The van der Waals surface area contributed by atoms with Gasteiger partial charge in [0.2, 0.25) is 0 Å². The first-order chi connectivity index (χ1) is 13.5. The fourth-order valence-corrected chi connectivity index (χ4v) is 3.27. The summed E-state index contributed by atoms with van der Waals surface area (Å²) >= 11 is 0. The van der Waals surface area contributed by atoms with Gasteiger partial charge in [0.15, 0.2) is 0 Å². The average Bonchev–Trinajstić information content (AvgIpc) is 2.66. The van der Waals surface area contributed by atoms with Crippen LogP contribution in [0.5, 0.6) is 0 Å². The Labute approximate surface area is 227 Å². The van der Waals surface area contributed by atoms with Gasteiger partial charge in [0, 0.05) is 6.61 Å². The van der Waals surface area contributed by atoms with Crippen molar-refractivity contribution in [3.8, 4) is 0 Å². The summed E-state index contributed by atoms with van der Waals surface area (Å²) in [6.45, 7) is 2.33. The fourth-order valence-electron chi connectivity index (χ4n) is 3.27. The number of hydrogen-bond acceptors (Lipinski definition) is 6. The molecule has 0 saturated heterocycles. The summed E-state index contributed by atoms with van der Waals surface area (Å²) in [6, 6.07) is 0. The van der Waals surface area contributed by atoms with Gasteiger partial charge in [0.1, 0.15) is 12.2 Å². The van der Waals surface area contributed by atoms with Crippen molar-refractivity contribution in [2.24, 2.45) is 0 Å². The molecule has 0 heterocycles. The molecule has 0 aliphatic heterocycles. The largest absolute Gasteiger partial charge is 1.00 e. The zero-order valence-corrected chi connectivity index (χ0v) is 23.7. The molecule has 0 aromatic carbocycles. The molecule has 1 N–H and O–H groups in total. The average molecular weight is 447 g/mol.